The van der Waals surface area contributed by atoms with Gasteiger partial charge in [0.15, 0.2) is 25.2 Å². The number of benzene rings is 4. The highest BCUT2D eigenvalue weighted by Crippen LogP contribution is 2.40. The van der Waals surface area contributed by atoms with Crippen LogP contribution in [-0.4, -0.2) is 86.8 Å². The molecule has 4 aliphatic heterocycles. The third-order valence-corrected chi connectivity index (χ3v) is 9.83. The average molecular weight is 713 g/mol. The molecule has 0 amide bonds. The Kier molecular flexibility index (Phi) is 11.3. The van der Waals surface area contributed by atoms with Crippen LogP contribution in [0.3, 0.4) is 0 Å². The molecule has 8 rings (SSSR count). The quantitative estimate of drug-likeness (QED) is 0.221. The molecule has 4 fully saturated rings. The van der Waals surface area contributed by atoms with Crippen LogP contribution in [0.15, 0.2) is 121 Å². The number of aliphatic hydroxyl groups excluding tert-OH is 1. The summed E-state index contributed by atoms with van der Waals surface area (Å²) < 4.78 is 63.9. The lowest BCUT2D eigenvalue weighted by Gasteiger charge is -2.51. The maximum absolute atomic E-state index is 12.0. The van der Waals surface area contributed by atoms with Gasteiger partial charge in [0.05, 0.1) is 26.4 Å². The number of methoxy groups -OCH3 is 1. The molecule has 4 aliphatic rings. The van der Waals surface area contributed by atoms with Gasteiger partial charge in [-0.1, -0.05) is 121 Å². The second-order valence-corrected chi connectivity index (χ2v) is 13.3. The molecule has 0 spiro atoms. The SMILES string of the molecule is CO[C@H]1O[C@@H]2CO[C@@H](c3ccccc3)O[C@H]2[C@H](OCc2ccccc2)[C@@H]1O[C@H]1O[C@@H]2CO[C@@H](c3ccccc3)O[C@H]2[C@H](OCc2ccccc2)[C@@H]1O. The van der Waals surface area contributed by atoms with Crippen molar-refractivity contribution >= 4 is 0 Å². The van der Waals surface area contributed by atoms with Crippen molar-refractivity contribution in [1.82, 2.24) is 0 Å². The lowest BCUT2D eigenvalue weighted by Crippen LogP contribution is -2.67. The lowest BCUT2D eigenvalue weighted by atomic mass is 9.95. The average Bonchev–Trinajstić information content (AvgIpc) is 3.21. The van der Waals surface area contributed by atoms with Crippen molar-refractivity contribution < 1.29 is 52.5 Å². The van der Waals surface area contributed by atoms with E-state index in [1.807, 2.05) is 121 Å². The van der Waals surface area contributed by atoms with E-state index in [9.17, 15) is 5.11 Å². The highest BCUT2D eigenvalue weighted by atomic mass is 16.8. The molecule has 0 aliphatic carbocycles. The van der Waals surface area contributed by atoms with E-state index in [-0.39, 0.29) is 26.4 Å². The van der Waals surface area contributed by atoms with Crippen molar-refractivity contribution in [1.29, 1.82) is 0 Å². The van der Waals surface area contributed by atoms with Gasteiger partial charge in [0, 0.05) is 18.2 Å². The van der Waals surface area contributed by atoms with E-state index in [0.29, 0.717) is 0 Å². The Morgan fingerprint density at radius 3 is 1.48 bits per heavy atom. The van der Waals surface area contributed by atoms with E-state index in [0.717, 1.165) is 22.3 Å². The van der Waals surface area contributed by atoms with Crippen LogP contribution in [0.1, 0.15) is 34.8 Å². The van der Waals surface area contributed by atoms with Crippen LogP contribution in [0, 0.1) is 0 Å². The zero-order valence-electron chi connectivity index (χ0n) is 28.8. The van der Waals surface area contributed by atoms with Gasteiger partial charge in [0.25, 0.3) is 0 Å². The van der Waals surface area contributed by atoms with Gasteiger partial charge in [-0.3, -0.25) is 0 Å². The third-order valence-electron chi connectivity index (χ3n) is 9.83. The van der Waals surface area contributed by atoms with Crippen molar-refractivity contribution in [3.05, 3.63) is 144 Å². The maximum Gasteiger partial charge on any atom is 0.187 e. The fraction of sp³-hybridized carbons (Fsp3) is 0.415. The molecule has 1 N–H and O–H groups in total. The molecule has 4 aromatic carbocycles. The monoisotopic (exact) mass is 712 g/mol. The number of hydrogen-bond donors (Lipinski definition) is 1. The Morgan fingerprint density at radius 2 is 0.981 bits per heavy atom. The molecule has 4 aromatic rings. The largest absolute Gasteiger partial charge is 0.385 e. The van der Waals surface area contributed by atoms with Gasteiger partial charge in [-0.05, 0) is 11.1 Å². The third kappa shape index (κ3) is 7.86. The molecule has 0 unspecified atom stereocenters. The van der Waals surface area contributed by atoms with Crippen LogP contribution in [0.4, 0.5) is 0 Å². The maximum atomic E-state index is 12.0. The molecule has 11 heteroatoms. The smallest absolute Gasteiger partial charge is 0.187 e. The molecule has 0 bridgehead atoms. The summed E-state index contributed by atoms with van der Waals surface area (Å²) in [4.78, 5) is 0. The number of hydrogen-bond acceptors (Lipinski definition) is 11. The molecule has 4 heterocycles. The molecule has 0 aromatic heterocycles. The van der Waals surface area contributed by atoms with E-state index in [1.54, 1.807) is 7.11 Å². The summed E-state index contributed by atoms with van der Waals surface area (Å²) >= 11 is 0. The number of ether oxygens (including phenoxy) is 10. The summed E-state index contributed by atoms with van der Waals surface area (Å²) in [5.41, 5.74) is 3.65. The Balaban J connectivity index is 1.06. The van der Waals surface area contributed by atoms with Gasteiger partial charge in [-0.2, -0.15) is 0 Å². The van der Waals surface area contributed by atoms with Gasteiger partial charge < -0.3 is 52.5 Å². The standard InChI is InChI=1S/C41H44O11/c1-43-41-37(36(45-23-27-16-8-3-9-17-27)34-31(49-41)25-47-39(51-34)29-20-12-5-13-21-29)52-40-32(42)35(44-22-26-14-6-2-7-15-26)33-30(48-40)24-46-38(50-33)28-18-10-4-11-19-28/h2-21,30-42H,22-25H2,1H3/t30-,31-,32+,33-,34-,35-,36+,37+,38-,39-,40-,41+/m1/s1. The van der Waals surface area contributed by atoms with Crippen LogP contribution in [0.2, 0.25) is 0 Å². The van der Waals surface area contributed by atoms with Crippen molar-refractivity contribution in [2.45, 2.75) is 87.2 Å². The first-order chi connectivity index (χ1) is 25.6. The normalized spacial score (nSPS) is 34.6. The number of aliphatic hydroxyl groups is 1. The van der Waals surface area contributed by atoms with Crippen LogP contribution >= 0.6 is 0 Å². The topological polar surface area (TPSA) is 113 Å². The highest BCUT2D eigenvalue weighted by Gasteiger charge is 2.56. The van der Waals surface area contributed by atoms with Crippen LogP contribution in [-0.2, 0) is 60.6 Å². The Morgan fingerprint density at radius 1 is 0.538 bits per heavy atom. The first-order valence-corrected chi connectivity index (χ1v) is 17.8. The summed E-state index contributed by atoms with van der Waals surface area (Å²) in [7, 11) is 1.54. The molecular weight excluding hydrogens is 668 g/mol. The lowest BCUT2D eigenvalue weighted by molar-refractivity contribution is -0.408. The fourth-order valence-corrected chi connectivity index (χ4v) is 7.18. The van der Waals surface area contributed by atoms with E-state index < -0.39 is 74.0 Å². The van der Waals surface area contributed by atoms with Crippen molar-refractivity contribution in [2.75, 3.05) is 20.3 Å². The second-order valence-electron chi connectivity index (χ2n) is 13.3. The van der Waals surface area contributed by atoms with Gasteiger partial charge in [-0.25, -0.2) is 0 Å². The summed E-state index contributed by atoms with van der Waals surface area (Å²) in [5, 5.41) is 12.0. The highest BCUT2D eigenvalue weighted by molar-refractivity contribution is 5.19. The fourth-order valence-electron chi connectivity index (χ4n) is 7.18. The summed E-state index contributed by atoms with van der Waals surface area (Å²) in [6, 6.07) is 39.0. The second kappa shape index (κ2) is 16.6. The zero-order valence-corrected chi connectivity index (χ0v) is 28.8. The number of fused-ring (bicyclic) bond motifs is 2. The minimum Gasteiger partial charge on any atom is -0.385 e. The van der Waals surface area contributed by atoms with Gasteiger partial charge in [-0.15, -0.1) is 0 Å². The molecule has 52 heavy (non-hydrogen) atoms. The van der Waals surface area contributed by atoms with Crippen LogP contribution < -0.4 is 0 Å². The Hall–Kier alpha value is -3.56. The van der Waals surface area contributed by atoms with Gasteiger partial charge >= 0.3 is 0 Å². The van der Waals surface area contributed by atoms with E-state index >= 15 is 0 Å². The van der Waals surface area contributed by atoms with Crippen molar-refractivity contribution in [3.8, 4) is 0 Å². The first kappa shape index (κ1) is 35.5. The van der Waals surface area contributed by atoms with E-state index in [4.69, 9.17) is 47.4 Å². The van der Waals surface area contributed by atoms with Crippen LogP contribution in [0.25, 0.3) is 0 Å². The molecule has 12 atom stereocenters. The Bertz CT molecular complexity index is 1670. The number of rotatable bonds is 11. The first-order valence-electron chi connectivity index (χ1n) is 17.8. The minimum atomic E-state index is -1.27. The van der Waals surface area contributed by atoms with E-state index in [1.165, 1.54) is 0 Å². The minimum absolute atomic E-state index is 0.189. The molecule has 0 radical (unpaired) electrons. The van der Waals surface area contributed by atoms with Gasteiger partial charge in [0.1, 0.15) is 48.8 Å². The predicted molar refractivity (Wildman–Crippen MR) is 185 cm³/mol. The molecule has 11 nitrogen and oxygen atoms in total. The molecule has 0 saturated carbocycles. The van der Waals surface area contributed by atoms with Crippen LogP contribution in [0.5, 0.6) is 0 Å². The molecular formula is C41H44O11. The predicted octanol–water partition coefficient (Wildman–Crippen LogP) is 5.23. The summed E-state index contributed by atoms with van der Waals surface area (Å²) in [6.07, 6.45) is -9.46. The van der Waals surface area contributed by atoms with Gasteiger partial charge in [0.2, 0.25) is 0 Å². The summed E-state index contributed by atoms with van der Waals surface area (Å²) in [6.45, 7) is 0.957. The molecule has 274 valence electrons. The zero-order chi connectivity index (χ0) is 35.3. The summed E-state index contributed by atoms with van der Waals surface area (Å²) in [5.74, 6) is 0. The van der Waals surface area contributed by atoms with Crippen molar-refractivity contribution in [3.63, 3.8) is 0 Å². The van der Waals surface area contributed by atoms with Crippen molar-refractivity contribution in [2.24, 2.45) is 0 Å². The Labute approximate surface area is 303 Å². The van der Waals surface area contributed by atoms with E-state index in [2.05, 4.69) is 0 Å². The molecule has 4 saturated heterocycles.